The highest BCUT2D eigenvalue weighted by atomic mass is 16.5. The average molecular weight is 340 g/mol. The van der Waals surface area contributed by atoms with Crippen LogP contribution >= 0.6 is 0 Å². The minimum Gasteiger partial charge on any atom is -0.466 e. The zero-order valence-electron chi connectivity index (χ0n) is 15.6. The van der Waals surface area contributed by atoms with Gasteiger partial charge in [0.1, 0.15) is 6.73 Å². The van der Waals surface area contributed by atoms with E-state index in [1.807, 2.05) is 27.7 Å². The van der Waals surface area contributed by atoms with Gasteiger partial charge in [0.15, 0.2) is 0 Å². The molecule has 0 saturated carbocycles. The molecule has 6 nitrogen and oxygen atoms in total. The third kappa shape index (κ3) is 7.45. The Morgan fingerprint density at radius 2 is 2.04 bits per heavy atom. The van der Waals surface area contributed by atoms with Crippen molar-refractivity contribution < 1.29 is 19.1 Å². The zero-order chi connectivity index (χ0) is 18.2. The molecule has 2 atom stereocenters. The van der Waals surface area contributed by atoms with Gasteiger partial charge in [-0.25, -0.2) is 4.79 Å². The molecule has 1 rings (SSSR count). The Labute approximate surface area is 145 Å². The van der Waals surface area contributed by atoms with Gasteiger partial charge in [-0.1, -0.05) is 19.4 Å². The maximum Gasteiger partial charge on any atom is 0.330 e. The lowest BCUT2D eigenvalue weighted by Gasteiger charge is -2.36. The molecular formula is C18H32N2O4. The predicted molar refractivity (Wildman–Crippen MR) is 93.4 cm³/mol. The van der Waals surface area contributed by atoms with E-state index in [0.29, 0.717) is 13.2 Å². The fraction of sp³-hybridized carbons (Fsp3) is 0.778. The Morgan fingerprint density at radius 1 is 1.33 bits per heavy atom. The molecule has 138 valence electrons. The molecule has 24 heavy (non-hydrogen) atoms. The van der Waals surface area contributed by atoms with Crippen LogP contribution in [-0.4, -0.2) is 54.8 Å². The van der Waals surface area contributed by atoms with Crippen molar-refractivity contribution >= 4 is 11.9 Å². The second-order valence-electron chi connectivity index (χ2n) is 7.12. The van der Waals surface area contributed by atoms with Crippen molar-refractivity contribution in [1.29, 1.82) is 0 Å². The first-order valence-electron chi connectivity index (χ1n) is 8.71. The number of nitrogens with one attached hydrogen (secondary N) is 1. The Morgan fingerprint density at radius 3 is 2.62 bits per heavy atom. The van der Waals surface area contributed by atoms with Crippen LogP contribution in [0.15, 0.2) is 12.2 Å². The van der Waals surface area contributed by atoms with Crippen LogP contribution in [0.2, 0.25) is 0 Å². The minimum atomic E-state index is -0.416. The Bertz CT molecular complexity index is 443. The van der Waals surface area contributed by atoms with Gasteiger partial charge in [0.25, 0.3) is 0 Å². The number of hydrogen-bond acceptors (Lipinski definition) is 5. The summed E-state index contributed by atoms with van der Waals surface area (Å²) in [6.45, 7) is 9.32. The summed E-state index contributed by atoms with van der Waals surface area (Å²) < 4.78 is 10.4. The number of esters is 1. The van der Waals surface area contributed by atoms with Crippen molar-refractivity contribution in [3.05, 3.63) is 12.2 Å². The van der Waals surface area contributed by atoms with Gasteiger partial charge in [0, 0.05) is 18.7 Å². The van der Waals surface area contributed by atoms with Gasteiger partial charge in [-0.2, -0.15) is 0 Å². The van der Waals surface area contributed by atoms with Crippen LogP contribution in [0.4, 0.5) is 0 Å². The summed E-state index contributed by atoms with van der Waals surface area (Å²) in [5.74, 6) is -0.422. The Balaban J connectivity index is 2.64. The fourth-order valence-corrected chi connectivity index (χ4v) is 2.55. The van der Waals surface area contributed by atoms with E-state index < -0.39 is 5.97 Å². The van der Waals surface area contributed by atoms with E-state index in [9.17, 15) is 9.59 Å². The van der Waals surface area contributed by atoms with Gasteiger partial charge in [-0.3, -0.25) is 9.69 Å². The van der Waals surface area contributed by atoms with E-state index >= 15 is 0 Å². The molecular weight excluding hydrogens is 308 g/mol. The summed E-state index contributed by atoms with van der Waals surface area (Å²) in [5, 5.41) is 3.01. The second kappa shape index (κ2) is 9.79. The van der Waals surface area contributed by atoms with Crippen LogP contribution in [0.3, 0.4) is 0 Å². The highest BCUT2D eigenvalue weighted by Gasteiger charge is 2.30. The third-order valence-electron chi connectivity index (χ3n) is 4.01. The summed E-state index contributed by atoms with van der Waals surface area (Å²) in [5.41, 5.74) is -0.228. The lowest BCUT2D eigenvalue weighted by molar-refractivity contribution is -0.136. The van der Waals surface area contributed by atoms with Gasteiger partial charge in [0.2, 0.25) is 5.91 Å². The molecule has 0 bridgehead atoms. The number of nitrogens with zero attached hydrogens (tertiary/aromatic N) is 1. The Hall–Kier alpha value is -1.40. The molecule has 0 aromatic rings. The van der Waals surface area contributed by atoms with Gasteiger partial charge >= 0.3 is 5.97 Å². The van der Waals surface area contributed by atoms with Crippen molar-refractivity contribution in [2.24, 2.45) is 0 Å². The van der Waals surface area contributed by atoms with Crippen LogP contribution in [0.1, 0.15) is 53.4 Å². The normalized spacial score (nSPS) is 20.8. The van der Waals surface area contributed by atoms with Crippen molar-refractivity contribution in [2.45, 2.75) is 71.1 Å². The largest absolute Gasteiger partial charge is 0.466 e. The molecule has 1 N–H and O–H groups in total. The summed E-state index contributed by atoms with van der Waals surface area (Å²) in [7, 11) is 1.33. The quantitative estimate of drug-likeness (QED) is 0.569. The molecule has 0 aromatic heterocycles. The number of amides is 1. The number of rotatable bonds is 7. The van der Waals surface area contributed by atoms with Crippen LogP contribution in [0.5, 0.6) is 0 Å². The molecule has 1 saturated heterocycles. The molecule has 1 amide bonds. The molecule has 1 aliphatic heterocycles. The first kappa shape index (κ1) is 20.6. The number of likely N-dealkylation sites (tertiary alicyclic amines) is 1. The van der Waals surface area contributed by atoms with Gasteiger partial charge in [-0.05, 0) is 40.0 Å². The van der Waals surface area contributed by atoms with Crippen molar-refractivity contribution in [3.63, 3.8) is 0 Å². The number of carbonyl (C=O) groups is 2. The van der Waals surface area contributed by atoms with E-state index in [2.05, 4.69) is 15.0 Å². The second-order valence-corrected chi connectivity index (χ2v) is 7.12. The Kier molecular flexibility index (Phi) is 8.42. The van der Waals surface area contributed by atoms with Crippen molar-refractivity contribution in [3.8, 4) is 0 Å². The molecule has 1 fully saturated rings. The lowest BCUT2D eigenvalue weighted by atomic mass is 10.0. The number of hydrogen-bond donors (Lipinski definition) is 1. The number of piperidine rings is 1. The monoisotopic (exact) mass is 340 g/mol. The predicted octanol–water partition coefficient (Wildman–Crippen LogP) is 2.24. The van der Waals surface area contributed by atoms with Crippen molar-refractivity contribution in [2.75, 3.05) is 20.4 Å². The zero-order valence-corrected chi connectivity index (χ0v) is 15.6. The van der Waals surface area contributed by atoms with Gasteiger partial charge < -0.3 is 14.8 Å². The topological polar surface area (TPSA) is 67.9 Å². The third-order valence-corrected chi connectivity index (χ3v) is 4.01. The number of carbonyl (C=O) groups excluding carboxylic acids is 2. The lowest BCUT2D eigenvalue weighted by Crippen LogP contribution is -2.52. The first-order valence-corrected chi connectivity index (χ1v) is 8.71. The van der Waals surface area contributed by atoms with E-state index in [-0.39, 0.29) is 23.6 Å². The highest BCUT2D eigenvalue weighted by Crippen LogP contribution is 2.19. The minimum absolute atomic E-state index is 0.00595. The maximum absolute atomic E-state index is 12.7. The van der Waals surface area contributed by atoms with Crippen LogP contribution < -0.4 is 5.32 Å². The van der Waals surface area contributed by atoms with Crippen LogP contribution in [0.25, 0.3) is 0 Å². The van der Waals surface area contributed by atoms with E-state index in [0.717, 1.165) is 25.8 Å². The summed E-state index contributed by atoms with van der Waals surface area (Å²) in [6.07, 6.45) is 6.70. The van der Waals surface area contributed by atoms with E-state index in [1.54, 1.807) is 6.08 Å². The number of methoxy groups -OCH3 is 1. The molecule has 1 heterocycles. The van der Waals surface area contributed by atoms with Gasteiger partial charge in [0.05, 0.1) is 18.8 Å². The first-order chi connectivity index (χ1) is 11.3. The SMILES string of the molecule is CCC(C=CC(=O)OC)NC(=O)C1CCCCN1COC(C)(C)C. The summed E-state index contributed by atoms with van der Waals surface area (Å²) in [6, 6.07) is -0.356. The highest BCUT2D eigenvalue weighted by molar-refractivity contribution is 5.83. The molecule has 6 heteroatoms. The molecule has 0 aromatic carbocycles. The molecule has 0 radical (unpaired) electrons. The number of ether oxygens (including phenoxy) is 2. The molecule has 0 spiro atoms. The standard InChI is InChI=1S/C18H32N2O4/c1-6-14(10-11-16(21)23-5)19-17(22)15-9-7-8-12-20(15)13-24-18(2,3)4/h10-11,14-15H,6-9,12-13H2,1-5H3,(H,19,22). The van der Waals surface area contributed by atoms with Crippen LogP contribution in [-0.2, 0) is 19.1 Å². The van der Waals surface area contributed by atoms with Crippen molar-refractivity contribution in [1.82, 2.24) is 10.2 Å². The molecule has 1 aliphatic rings. The van der Waals surface area contributed by atoms with Crippen LogP contribution in [0, 0.1) is 0 Å². The maximum atomic E-state index is 12.7. The summed E-state index contributed by atoms with van der Waals surface area (Å²) in [4.78, 5) is 26.0. The molecule has 2 unspecified atom stereocenters. The summed E-state index contributed by atoms with van der Waals surface area (Å²) >= 11 is 0. The van der Waals surface area contributed by atoms with E-state index in [4.69, 9.17) is 4.74 Å². The average Bonchev–Trinajstić information content (AvgIpc) is 2.55. The van der Waals surface area contributed by atoms with Gasteiger partial charge in [-0.15, -0.1) is 0 Å². The fourth-order valence-electron chi connectivity index (χ4n) is 2.55. The van der Waals surface area contributed by atoms with E-state index in [1.165, 1.54) is 13.2 Å². The molecule has 0 aliphatic carbocycles. The smallest absolute Gasteiger partial charge is 0.330 e.